The molecule has 36 heavy (non-hydrogen) atoms. The number of carbonyl (C=O) groups is 3. The lowest BCUT2D eigenvalue weighted by molar-refractivity contribution is -0.120. The largest absolute Gasteiger partial charge is 0.359 e. The molecule has 3 aromatic carbocycles. The number of hydrogen-bond acceptors (Lipinski definition) is 4. The van der Waals surface area contributed by atoms with E-state index >= 15 is 0 Å². The van der Waals surface area contributed by atoms with Gasteiger partial charge in [-0.15, -0.1) is 0 Å². The molecule has 4 rings (SSSR count). The maximum absolute atomic E-state index is 13.8. The van der Waals surface area contributed by atoms with Gasteiger partial charge in [0.15, 0.2) is 0 Å². The second-order valence-electron chi connectivity index (χ2n) is 8.51. The molecule has 7 nitrogen and oxygen atoms in total. The molecule has 0 spiro atoms. The molecule has 0 atom stereocenters. The Morgan fingerprint density at radius 1 is 1.00 bits per heavy atom. The zero-order valence-electron chi connectivity index (χ0n) is 20.3. The fourth-order valence-corrected chi connectivity index (χ4v) is 3.99. The molecule has 184 valence electrons. The van der Waals surface area contributed by atoms with Crippen LogP contribution >= 0.6 is 0 Å². The van der Waals surface area contributed by atoms with E-state index in [2.05, 4.69) is 16.0 Å². The van der Waals surface area contributed by atoms with Gasteiger partial charge >= 0.3 is 0 Å². The van der Waals surface area contributed by atoms with E-state index in [1.807, 2.05) is 48.5 Å². The van der Waals surface area contributed by atoms with Crippen molar-refractivity contribution in [3.05, 3.63) is 89.2 Å². The molecule has 0 aliphatic carbocycles. The van der Waals surface area contributed by atoms with E-state index in [4.69, 9.17) is 0 Å². The minimum atomic E-state index is -0.435. The predicted molar refractivity (Wildman–Crippen MR) is 140 cm³/mol. The molecule has 1 heterocycles. The molecule has 3 amide bonds. The summed E-state index contributed by atoms with van der Waals surface area (Å²) in [5.74, 6) is -0.888. The van der Waals surface area contributed by atoms with Crippen LogP contribution in [0.5, 0.6) is 0 Å². The van der Waals surface area contributed by atoms with Gasteiger partial charge in [-0.3, -0.25) is 14.4 Å². The lowest BCUT2D eigenvalue weighted by Gasteiger charge is -2.18. The van der Waals surface area contributed by atoms with Crippen molar-refractivity contribution >= 4 is 46.1 Å². The SMILES string of the molecule is CNC(=O)CCc1ccc(C(Nc2ccc(N(C)C(C)=O)cc2)=C2C(=O)Nc3cc(F)ccc32)cc1. The van der Waals surface area contributed by atoms with E-state index in [1.165, 1.54) is 24.0 Å². The third-order valence-electron chi connectivity index (χ3n) is 6.13. The minimum Gasteiger partial charge on any atom is -0.359 e. The van der Waals surface area contributed by atoms with E-state index < -0.39 is 5.82 Å². The van der Waals surface area contributed by atoms with Gasteiger partial charge in [0.25, 0.3) is 5.91 Å². The number of carbonyl (C=O) groups excluding carboxylic acids is 3. The first-order valence-corrected chi connectivity index (χ1v) is 11.5. The summed E-state index contributed by atoms with van der Waals surface area (Å²) in [6.45, 7) is 1.49. The van der Waals surface area contributed by atoms with Crippen molar-refractivity contribution in [2.24, 2.45) is 0 Å². The van der Waals surface area contributed by atoms with Crippen molar-refractivity contribution in [1.29, 1.82) is 0 Å². The summed E-state index contributed by atoms with van der Waals surface area (Å²) >= 11 is 0. The average molecular weight is 487 g/mol. The molecule has 8 heteroatoms. The van der Waals surface area contributed by atoms with Crippen LogP contribution in [0.3, 0.4) is 0 Å². The molecule has 0 bridgehead atoms. The highest BCUT2D eigenvalue weighted by atomic mass is 19.1. The summed E-state index contributed by atoms with van der Waals surface area (Å²) < 4.78 is 13.8. The summed E-state index contributed by atoms with van der Waals surface area (Å²) in [7, 11) is 3.30. The van der Waals surface area contributed by atoms with Gasteiger partial charge in [-0.1, -0.05) is 24.3 Å². The van der Waals surface area contributed by atoms with Crippen molar-refractivity contribution in [3.8, 4) is 0 Å². The number of halogens is 1. The van der Waals surface area contributed by atoms with Gasteiger partial charge in [-0.2, -0.15) is 0 Å². The van der Waals surface area contributed by atoms with E-state index in [0.717, 1.165) is 16.8 Å². The van der Waals surface area contributed by atoms with Crippen LogP contribution in [-0.4, -0.2) is 31.8 Å². The normalized spacial score (nSPS) is 13.5. The zero-order valence-corrected chi connectivity index (χ0v) is 20.3. The highest BCUT2D eigenvalue weighted by molar-refractivity contribution is 6.37. The number of nitrogens with zero attached hydrogens (tertiary/aromatic N) is 1. The number of benzene rings is 3. The quantitative estimate of drug-likeness (QED) is 0.431. The summed E-state index contributed by atoms with van der Waals surface area (Å²) in [4.78, 5) is 37.8. The Hall–Kier alpha value is -4.46. The molecule has 0 aromatic heterocycles. The summed E-state index contributed by atoms with van der Waals surface area (Å²) in [5, 5.41) is 8.72. The first-order valence-electron chi connectivity index (χ1n) is 11.5. The molecular formula is C28H27FN4O3. The molecule has 0 fully saturated rings. The summed E-state index contributed by atoms with van der Waals surface area (Å²) in [5.41, 5.74) is 5.16. The molecule has 0 unspecified atom stereocenters. The monoisotopic (exact) mass is 486 g/mol. The van der Waals surface area contributed by atoms with Gasteiger partial charge < -0.3 is 20.9 Å². The van der Waals surface area contributed by atoms with Crippen LogP contribution in [0.2, 0.25) is 0 Å². The van der Waals surface area contributed by atoms with Gasteiger partial charge in [0.05, 0.1) is 17.0 Å². The molecular weight excluding hydrogens is 459 g/mol. The van der Waals surface area contributed by atoms with Crippen LogP contribution < -0.4 is 20.9 Å². The number of nitrogens with one attached hydrogen (secondary N) is 3. The smallest absolute Gasteiger partial charge is 0.258 e. The second-order valence-corrected chi connectivity index (χ2v) is 8.51. The maximum Gasteiger partial charge on any atom is 0.258 e. The van der Waals surface area contributed by atoms with E-state index in [0.29, 0.717) is 41.1 Å². The van der Waals surface area contributed by atoms with Crippen LogP contribution in [-0.2, 0) is 20.8 Å². The van der Waals surface area contributed by atoms with Crippen LogP contribution in [0.25, 0.3) is 11.3 Å². The number of amides is 3. The van der Waals surface area contributed by atoms with Crippen LogP contribution in [0.1, 0.15) is 30.0 Å². The summed E-state index contributed by atoms with van der Waals surface area (Å²) in [6, 6.07) is 19.1. The summed E-state index contributed by atoms with van der Waals surface area (Å²) in [6.07, 6.45) is 0.970. The van der Waals surface area contributed by atoms with Crippen LogP contribution in [0.4, 0.5) is 21.5 Å². The molecule has 0 saturated heterocycles. The number of aryl methyl sites for hydroxylation is 1. The molecule has 1 aliphatic heterocycles. The van der Waals surface area contributed by atoms with E-state index in [9.17, 15) is 18.8 Å². The Morgan fingerprint density at radius 2 is 1.69 bits per heavy atom. The van der Waals surface area contributed by atoms with E-state index in [-0.39, 0.29) is 17.7 Å². The van der Waals surface area contributed by atoms with E-state index in [1.54, 1.807) is 20.2 Å². The van der Waals surface area contributed by atoms with Crippen LogP contribution in [0.15, 0.2) is 66.7 Å². The van der Waals surface area contributed by atoms with Crippen molar-refractivity contribution in [2.75, 3.05) is 29.6 Å². The average Bonchev–Trinajstić information content (AvgIpc) is 3.20. The fourth-order valence-electron chi connectivity index (χ4n) is 3.99. The minimum absolute atomic E-state index is 0.0334. The third kappa shape index (κ3) is 5.27. The van der Waals surface area contributed by atoms with Crippen molar-refractivity contribution < 1.29 is 18.8 Å². The predicted octanol–water partition coefficient (Wildman–Crippen LogP) is 4.42. The molecule has 0 saturated carbocycles. The number of fused-ring (bicyclic) bond motifs is 1. The Bertz CT molecular complexity index is 1350. The molecule has 1 aliphatic rings. The number of hydrogen-bond donors (Lipinski definition) is 3. The fraction of sp³-hybridized carbons (Fsp3) is 0.179. The van der Waals surface area contributed by atoms with Crippen molar-refractivity contribution in [1.82, 2.24) is 5.32 Å². The highest BCUT2D eigenvalue weighted by Crippen LogP contribution is 2.38. The third-order valence-corrected chi connectivity index (χ3v) is 6.13. The first-order chi connectivity index (χ1) is 17.3. The van der Waals surface area contributed by atoms with Gasteiger partial charge in [-0.25, -0.2) is 4.39 Å². The lowest BCUT2D eigenvalue weighted by Crippen LogP contribution is -2.22. The van der Waals surface area contributed by atoms with Gasteiger partial charge in [0.2, 0.25) is 11.8 Å². The molecule has 3 N–H and O–H groups in total. The van der Waals surface area contributed by atoms with Gasteiger partial charge in [-0.05, 0) is 60.0 Å². The Balaban J connectivity index is 1.73. The van der Waals surface area contributed by atoms with Gasteiger partial charge in [0.1, 0.15) is 5.82 Å². The lowest BCUT2D eigenvalue weighted by atomic mass is 9.98. The van der Waals surface area contributed by atoms with Crippen LogP contribution in [0, 0.1) is 5.82 Å². The van der Waals surface area contributed by atoms with Crippen molar-refractivity contribution in [3.63, 3.8) is 0 Å². The standard InChI is InChI=1S/C28H27FN4O3/c1-17(34)33(3)22-12-10-21(11-13-22)31-27(19-7-4-18(5-8-19)6-15-25(35)30-2)26-23-14-9-20(29)16-24(23)32-28(26)36/h4-5,7-14,16,31H,6,15H2,1-3H3,(H,30,35)(H,32,36). The Labute approximate surface area is 209 Å². The van der Waals surface area contributed by atoms with Gasteiger partial charge in [0, 0.05) is 44.4 Å². The number of anilines is 3. The van der Waals surface area contributed by atoms with Crippen molar-refractivity contribution in [2.45, 2.75) is 19.8 Å². The first kappa shape index (κ1) is 24.7. The molecule has 0 radical (unpaired) electrons. The molecule has 3 aromatic rings. The topological polar surface area (TPSA) is 90.5 Å². The second kappa shape index (κ2) is 10.4. The maximum atomic E-state index is 13.8. The highest BCUT2D eigenvalue weighted by Gasteiger charge is 2.29. The zero-order chi connectivity index (χ0) is 25.8. The Kier molecular flexibility index (Phi) is 7.15. The Morgan fingerprint density at radius 3 is 2.33 bits per heavy atom. The number of rotatable bonds is 7.